The van der Waals surface area contributed by atoms with Crippen LogP contribution in [0.2, 0.25) is 10.0 Å². The topological polar surface area (TPSA) is 47.6 Å². The molecule has 0 fully saturated rings. The highest BCUT2D eigenvalue weighted by molar-refractivity contribution is 6.42. The molecule has 2 aromatic carbocycles. The highest BCUT2D eigenvalue weighted by Gasteiger charge is 2.15. The third-order valence-electron chi connectivity index (χ3n) is 3.91. The molecule has 0 aromatic heterocycles. The number of halogens is 2. The lowest BCUT2D eigenvalue weighted by molar-refractivity contribution is -0.121. The summed E-state index contributed by atoms with van der Waals surface area (Å²) in [7, 11) is 3.20. The molecule has 0 aliphatic heterocycles. The maximum Gasteiger partial charge on any atom is 0.220 e. The lowest BCUT2D eigenvalue weighted by Crippen LogP contribution is -2.27. The number of carbonyl (C=O) groups excluding carboxylic acids is 1. The van der Waals surface area contributed by atoms with E-state index in [1.54, 1.807) is 26.4 Å². The number of aryl methyl sites for hydroxylation is 1. The number of rotatable bonds is 7. The molecular weight excluding hydrogens is 361 g/mol. The largest absolute Gasteiger partial charge is 0.497 e. The number of amides is 1. The fraction of sp³-hybridized carbons (Fsp3) is 0.316. The van der Waals surface area contributed by atoms with Gasteiger partial charge in [0, 0.05) is 12.0 Å². The molecular formula is C19H21Cl2NO3. The Morgan fingerprint density at radius 3 is 2.48 bits per heavy atom. The van der Waals surface area contributed by atoms with E-state index >= 15 is 0 Å². The minimum Gasteiger partial charge on any atom is -0.497 e. The van der Waals surface area contributed by atoms with Crippen LogP contribution in [0.5, 0.6) is 11.5 Å². The zero-order valence-electron chi connectivity index (χ0n) is 14.4. The van der Waals surface area contributed by atoms with E-state index in [9.17, 15) is 4.79 Å². The minimum atomic E-state index is -0.202. The Kier molecular flexibility index (Phi) is 6.97. The molecule has 0 saturated carbocycles. The summed E-state index contributed by atoms with van der Waals surface area (Å²) in [6, 6.07) is 10.7. The third kappa shape index (κ3) is 5.28. The molecule has 0 heterocycles. The normalized spacial score (nSPS) is 11.7. The summed E-state index contributed by atoms with van der Waals surface area (Å²) >= 11 is 11.9. The summed E-state index contributed by atoms with van der Waals surface area (Å²) in [5, 5.41) is 3.99. The lowest BCUT2D eigenvalue weighted by Gasteiger charge is -2.18. The van der Waals surface area contributed by atoms with E-state index in [-0.39, 0.29) is 11.9 Å². The van der Waals surface area contributed by atoms with Crippen LogP contribution in [0.3, 0.4) is 0 Å². The zero-order chi connectivity index (χ0) is 18.4. The monoisotopic (exact) mass is 381 g/mol. The quantitative estimate of drug-likeness (QED) is 0.747. The Morgan fingerprint density at radius 2 is 1.84 bits per heavy atom. The van der Waals surface area contributed by atoms with Crippen molar-refractivity contribution >= 4 is 29.1 Å². The van der Waals surface area contributed by atoms with Gasteiger partial charge in [0.1, 0.15) is 11.5 Å². The van der Waals surface area contributed by atoms with Crippen molar-refractivity contribution in [2.75, 3.05) is 14.2 Å². The van der Waals surface area contributed by atoms with Gasteiger partial charge in [-0.2, -0.15) is 0 Å². The highest BCUT2D eigenvalue weighted by Crippen LogP contribution is 2.29. The van der Waals surface area contributed by atoms with E-state index in [1.165, 1.54) is 0 Å². The third-order valence-corrected chi connectivity index (χ3v) is 4.64. The van der Waals surface area contributed by atoms with E-state index in [1.807, 2.05) is 31.2 Å². The van der Waals surface area contributed by atoms with Gasteiger partial charge in [-0.25, -0.2) is 0 Å². The van der Waals surface area contributed by atoms with Crippen LogP contribution in [0, 0.1) is 0 Å². The van der Waals surface area contributed by atoms with Crippen LogP contribution in [0.4, 0.5) is 0 Å². The highest BCUT2D eigenvalue weighted by atomic mass is 35.5. The number of hydrogen-bond donors (Lipinski definition) is 1. The van der Waals surface area contributed by atoms with E-state index in [0.717, 1.165) is 11.1 Å². The maximum atomic E-state index is 12.3. The van der Waals surface area contributed by atoms with Gasteiger partial charge in [0.05, 0.1) is 30.3 Å². The van der Waals surface area contributed by atoms with E-state index < -0.39 is 0 Å². The Balaban J connectivity index is 1.99. The van der Waals surface area contributed by atoms with Crippen LogP contribution in [-0.4, -0.2) is 20.1 Å². The van der Waals surface area contributed by atoms with Crippen LogP contribution in [0.25, 0.3) is 0 Å². The molecule has 0 aliphatic rings. The molecule has 1 N–H and O–H groups in total. The molecule has 0 spiro atoms. The Bertz CT molecular complexity index is 749. The average Bonchev–Trinajstić information content (AvgIpc) is 2.62. The lowest BCUT2D eigenvalue weighted by atomic mass is 10.1. The molecule has 1 atom stereocenters. The summed E-state index contributed by atoms with van der Waals surface area (Å²) in [5.41, 5.74) is 1.83. The standard InChI is InChI=1S/C19H21Cl2NO3/c1-12(15-11-14(24-2)6-8-18(15)25-3)22-19(23)9-5-13-4-7-16(20)17(21)10-13/h4,6-8,10-12H,5,9H2,1-3H3,(H,22,23). The number of ether oxygens (including phenoxy) is 2. The first-order chi connectivity index (χ1) is 11.9. The fourth-order valence-corrected chi connectivity index (χ4v) is 2.84. The molecule has 134 valence electrons. The molecule has 0 saturated heterocycles. The summed E-state index contributed by atoms with van der Waals surface area (Å²) < 4.78 is 10.6. The van der Waals surface area contributed by atoms with E-state index in [0.29, 0.717) is 34.4 Å². The van der Waals surface area contributed by atoms with E-state index in [4.69, 9.17) is 32.7 Å². The number of hydrogen-bond acceptors (Lipinski definition) is 3. The first kappa shape index (κ1) is 19.4. The molecule has 1 unspecified atom stereocenters. The molecule has 1 amide bonds. The van der Waals surface area contributed by atoms with Crippen molar-refractivity contribution in [1.82, 2.24) is 5.32 Å². The van der Waals surface area contributed by atoms with Crippen LogP contribution in [0.15, 0.2) is 36.4 Å². The molecule has 0 radical (unpaired) electrons. The van der Waals surface area contributed by atoms with Crippen molar-refractivity contribution in [3.8, 4) is 11.5 Å². The van der Waals surface area contributed by atoms with Gasteiger partial charge in [-0.1, -0.05) is 29.3 Å². The van der Waals surface area contributed by atoms with Crippen molar-refractivity contribution in [3.05, 3.63) is 57.6 Å². The van der Waals surface area contributed by atoms with Gasteiger partial charge in [0.2, 0.25) is 5.91 Å². The van der Waals surface area contributed by atoms with Crippen LogP contribution < -0.4 is 14.8 Å². The maximum absolute atomic E-state index is 12.3. The molecule has 25 heavy (non-hydrogen) atoms. The van der Waals surface area contributed by atoms with Crippen molar-refractivity contribution in [3.63, 3.8) is 0 Å². The predicted molar refractivity (Wildman–Crippen MR) is 101 cm³/mol. The van der Waals surface area contributed by atoms with Gasteiger partial charge in [0.25, 0.3) is 0 Å². The zero-order valence-corrected chi connectivity index (χ0v) is 15.9. The second-order valence-corrected chi connectivity index (χ2v) is 6.46. The second-order valence-electron chi connectivity index (χ2n) is 5.65. The van der Waals surface area contributed by atoms with Gasteiger partial charge in [-0.05, 0) is 49.2 Å². The molecule has 2 aromatic rings. The molecule has 0 aliphatic carbocycles. The fourth-order valence-electron chi connectivity index (χ4n) is 2.52. The molecule has 4 nitrogen and oxygen atoms in total. The summed E-state index contributed by atoms with van der Waals surface area (Å²) in [6.07, 6.45) is 0.944. The van der Waals surface area contributed by atoms with Gasteiger partial charge < -0.3 is 14.8 Å². The van der Waals surface area contributed by atoms with Crippen LogP contribution >= 0.6 is 23.2 Å². The summed E-state index contributed by atoms with van der Waals surface area (Å²) in [4.78, 5) is 12.3. The van der Waals surface area contributed by atoms with E-state index in [2.05, 4.69) is 5.32 Å². The molecule has 6 heteroatoms. The van der Waals surface area contributed by atoms with Gasteiger partial charge in [-0.15, -0.1) is 0 Å². The minimum absolute atomic E-state index is 0.0524. The van der Waals surface area contributed by atoms with Crippen LogP contribution in [0.1, 0.15) is 30.5 Å². The SMILES string of the molecule is COc1ccc(OC)c(C(C)NC(=O)CCc2ccc(Cl)c(Cl)c2)c1. The predicted octanol–water partition coefficient (Wildman–Crippen LogP) is 4.82. The number of methoxy groups -OCH3 is 2. The number of nitrogens with one attached hydrogen (secondary N) is 1. The van der Waals surface area contributed by atoms with Gasteiger partial charge >= 0.3 is 0 Å². The molecule has 2 rings (SSSR count). The molecule has 0 bridgehead atoms. The Morgan fingerprint density at radius 1 is 1.08 bits per heavy atom. The van der Waals surface area contributed by atoms with Crippen molar-refractivity contribution in [1.29, 1.82) is 0 Å². The van der Waals surface area contributed by atoms with Crippen LogP contribution in [-0.2, 0) is 11.2 Å². The summed E-state index contributed by atoms with van der Waals surface area (Å²) in [6.45, 7) is 1.91. The van der Waals surface area contributed by atoms with Crippen molar-refractivity contribution < 1.29 is 14.3 Å². The Labute approximate surface area is 158 Å². The van der Waals surface area contributed by atoms with Crippen molar-refractivity contribution in [2.24, 2.45) is 0 Å². The van der Waals surface area contributed by atoms with Gasteiger partial charge in [-0.3, -0.25) is 4.79 Å². The smallest absolute Gasteiger partial charge is 0.220 e. The first-order valence-corrected chi connectivity index (χ1v) is 8.65. The second kappa shape index (κ2) is 8.97. The first-order valence-electron chi connectivity index (χ1n) is 7.89. The average molecular weight is 382 g/mol. The number of carbonyl (C=O) groups is 1. The number of benzene rings is 2. The Hall–Kier alpha value is -1.91. The summed E-state index contributed by atoms with van der Waals surface area (Å²) in [5.74, 6) is 1.37. The van der Waals surface area contributed by atoms with Crippen molar-refractivity contribution in [2.45, 2.75) is 25.8 Å². The van der Waals surface area contributed by atoms with Gasteiger partial charge in [0.15, 0.2) is 0 Å².